The normalized spacial score (nSPS) is 12.7. The minimum Gasteiger partial charge on any atom is -0.235 e. The molecule has 0 bridgehead atoms. The molecule has 3 rings (SSSR count). The maximum absolute atomic E-state index is 4.01. The topological polar surface area (TPSA) is 76.3 Å². The van der Waals surface area contributed by atoms with Gasteiger partial charge in [-0.15, -0.1) is 20.4 Å². The number of nitrogens with zero attached hydrogens (tertiary/aromatic N) is 6. The van der Waals surface area contributed by atoms with Crippen molar-refractivity contribution < 1.29 is 0 Å². The summed E-state index contributed by atoms with van der Waals surface area (Å²) in [5.74, 6) is 0.503. The van der Waals surface area contributed by atoms with Gasteiger partial charge in [0.1, 0.15) is 5.69 Å². The van der Waals surface area contributed by atoms with E-state index in [-0.39, 0.29) is 0 Å². The van der Waals surface area contributed by atoms with Crippen LogP contribution in [0.3, 0.4) is 0 Å². The van der Waals surface area contributed by atoms with E-state index in [4.69, 9.17) is 0 Å². The summed E-state index contributed by atoms with van der Waals surface area (Å²) in [6.45, 7) is 0. The Bertz CT molecular complexity index is 450. The van der Waals surface area contributed by atoms with E-state index in [1.165, 1.54) is 0 Å². The maximum Gasteiger partial charge on any atom is 0.211 e. The van der Waals surface area contributed by atoms with E-state index in [0.717, 1.165) is 11.1 Å². The second kappa shape index (κ2) is 1.79. The van der Waals surface area contributed by atoms with Crippen LogP contribution < -0.4 is 0 Å². The Hall–Kier alpha value is -1.98. The zero-order valence-electron chi connectivity index (χ0n) is 5.84. The van der Waals surface area contributed by atoms with E-state index in [1.54, 1.807) is 12.3 Å². The first kappa shape index (κ1) is 5.64. The molecule has 3 heterocycles. The molecule has 0 N–H and O–H groups in total. The van der Waals surface area contributed by atoms with Crippen LogP contribution in [0.1, 0.15) is 0 Å². The van der Waals surface area contributed by atoms with Gasteiger partial charge in [-0.25, -0.2) is 4.98 Å². The molecule has 1 aliphatic rings. The van der Waals surface area contributed by atoms with Crippen LogP contribution in [0.5, 0.6) is 0 Å². The third kappa shape index (κ3) is 0.541. The monoisotopic (exact) mass is 158 g/mol. The molecule has 1 aliphatic heterocycles. The van der Waals surface area contributed by atoms with E-state index in [0.29, 0.717) is 11.5 Å². The second-order valence-electron chi connectivity index (χ2n) is 2.34. The smallest absolute Gasteiger partial charge is 0.211 e. The highest BCUT2D eigenvalue weighted by Gasteiger charge is 2.14. The molecular weight excluding hydrogens is 156 g/mol. The van der Waals surface area contributed by atoms with Crippen molar-refractivity contribution in [1.82, 2.24) is 20.4 Å². The van der Waals surface area contributed by atoms with Gasteiger partial charge in [0.25, 0.3) is 0 Å². The minimum absolute atomic E-state index is 0.503. The van der Waals surface area contributed by atoms with Crippen LogP contribution in [0.25, 0.3) is 11.0 Å². The van der Waals surface area contributed by atoms with Crippen LogP contribution in [0, 0.1) is 0 Å². The quantitative estimate of drug-likeness (QED) is 0.491. The molecule has 0 spiro atoms. The molecule has 6 heteroatoms. The van der Waals surface area contributed by atoms with E-state index < -0.39 is 0 Å². The maximum atomic E-state index is 4.01. The molecule has 56 valence electrons. The van der Waals surface area contributed by atoms with Gasteiger partial charge in [0.05, 0.1) is 5.39 Å². The number of hydrogen-bond donors (Lipinski definition) is 0. The summed E-state index contributed by atoms with van der Waals surface area (Å²) in [4.78, 5) is 4.01. The molecule has 0 saturated carbocycles. The highest BCUT2D eigenvalue weighted by atomic mass is 15.4. The van der Waals surface area contributed by atoms with Crippen molar-refractivity contribution in [2.45, 2.75) is 0 Å². The number of rotatable bonds is 0. The molecule has 0 aromatic carbocycles. The summed E-state index contributed by atoms with van der Waals surface area (Å²) in [5, 5.41) is 19.5. The Balaban J connectivity index is 2.64. The molecule has 0 aliphatic carbocycles. The molecule has 0 radical (unpaired) electrons. The Morgan fingerprint density at radius 1 is 1.08 bits per heavy atom. The SMILES string of the molecule is c1cc2c3c(nnnc3n1)N=N2. The van der Waals surface area contributed by atoms with Crippen molar-refractivity contribution in [3.05, 3.63) is 12.3 Å². The predicted molar refractivity (Wildman–Crippen MR) is 39.3 cm³/mol. The average Bonchev–Trinajstić information content (AvgIpc) is 2.52. The van der Waals surface area contributed by atoms with Crippen LogP contribution in [-0.4, -0.2) is 20.4 Å². The molecule has 0 amide bonds. The van der Waals surface area contributed by atoms with Crippen molar-refractivity contribution in [1.29, 1.82) is 0 Å². The van der Waals surface area contributed by atoms with Gasteiger partial charge >= 0.3 is 0 Å². The fourth-order valence-corrected chi connectivity index (χ4v) is 1.14. The lowest BCUT2D eigenvalue weighted by atomic mass is 10.3. The minimum atomic E-state index is 0.503. The van der Waals surface area contributed by atoms with Crippen LogP contribution in [0.2, 0.25) is 0 Å². The molecule has 0 fully saturated rings. The average molecular weight is 158 g/mol. The third-order valence-electron chi connectivity index (χ3n) is 1.66. The van der Waals surface area contributed by atoms with E-state index >= 15 is 0 Å². The largest absolute Gasteiger partial charge is 0.235 e. The van der Waals surface area contributed by atoms with Gasteiger partial charge < -0.3 is 0 Å². The molecule has 0 saturated heterocycles. The fraction of sp³-hybridized carbons (Fsp3) is 0. The van der Waals surface area contributed by atoms with Crippen LogP contribution in [0.15, 0.2) is 22.5 Å². The van der Waals surface area contributed by atoms with Crippen molar-refractivity contribution in [3.63, 3.8) is 0 Å². The zero-order chi connectivity index (χ0) is 7.97. The fourth-order valence-electron chi connectivity index (χ4n) is 1.14. The first-order valence-electron chi connectivity index (χ1n) is 3.35. The molecule has 12 heavy (non-hydrogen) atoms. The van der Waals surface area contributed by atoms with Crippen molar-refractivity contribution in [3.8, 4) is 0 Å². The lowest BCUT2D eigenvalue weighted by molar-refractivity contribution is 0.885. The van der Waals surface area contributed by atoms with Gasteiger partial charge in [-0.05, 0) is 11.3 Å². The highest BCUT2D eigenvalue weighted by molar-refractivity contribution is 5.95. The molecule has 2 aromatic heterocycles. The summed E-state index contributed by atoms with van der Waals surface area (Å²) in [6.07, 6.45) is 1.63. The summed E-state index contributed by atoms with van der Waals surface area (Å²) in [6, 6.07) is 1.77. The van der Waals surface area contributed by atoms with Crippen molar-refractivity contribution in [2.24, 2.45) is 10.2 Å². The summed E-state index contributed by atoms with van der Waals surface area (Å²) in [7, 11) is 0. The second-order valence-corrected chi connectivity index (χ2v) is 2.34. The predicted octanol–water partition coefficient (Wildman–Crippen LogP) is 1.15. The molecule has 2 aromatic rings. The molecule has 0 unspecified atom stereocenters. The highest BCUT2D eigenvalue weighted by Crippen LogP contribution is 2.35. The Labute approximate surface area is 66.4 Å². The van der Waals surface area contributed by atoms with Gasteiger partial charge in [-0.1, -0.05) is 0 Å². The summed E-state index contributed by atoms with van der Waals surface area (Å²) >= 11 is 0. The van der Waals surface area contributed by atoms with Gasteiger partial charge in [0.2, 0.25) is 5.82 Å². The first-order valence-corrected chi connectivity index (χ1v) is 3.35. The van der Waals surface area contributed by atoms with E-state index in [2.05, 4.69) is 30.6 Å². The van der Waals surface area contributed by atoms with Crippen LogP contribution >= 0.6 is 0 Å². The number of azo groups is 1. The van der Waals surface area contributed by atoms with Gasteiger partial charge in [-0.2, -0.15) is 0 Å². The van der Waals surface area contributed by atoms with Crippen LogP contribution in [0.4, 0.5) is 11.5 Å². The van der Waals surface area contributed by atoms with Gasteiger partial charge in [0.15, 0.2) is 5.65 Å². The molecule has 0 atom stereocenters. The Kier molecular flexibility index (Phi) is 0.840. The van der Waals surface area contributed by atoms with Crippen LogP contribution in [-0.2, 0) is 0 Å². The zero-order valence-corrected chi connectivity index (χ0v) is 5.84. The first-order chi connectivity index (χ1) is 5.95. The summed E-state index contributed by atoms with van der Waals surface area (Å²) < 4.78 is 0. The standard InChI is InChI=1S/C6H2N6/c1-2-7-5-4-3(1)8-9-6(4)11-12-10-5/h1-2H. The van der Waals surface area contributed by atoms with Gasteiger partial charge in [-0.3, -0.25) is 0 Å². The van der Waals surface area contributed by atoms with Gasteiger partial charge in [0, 0.05) is 6.20 Å². The van der Waals surface area contributed by atoms with E-state index in [9.17, 15) is 0 Å². The summed E-state index contributed by atoms with van der Waals surface area (Å²) in [5.41, 5.74) is 1.31. The van der Waals surface area contributed by atoms with E-state index in [1.807, 2.05) is 0 Å². The Morgan fingerprint density at radius 3 is 3.08 bits per heavy atom. The van der Waals surface area contributed by atoms with Crippen molar-refractivity contribution in [2.75, 3.05) is 0 Å². The van der Waals surface area contributed by atoms with Crippen molar-refractivity contribution >= 4 is 22.5 Å². The number of hydrogen-bond acceptors (Lipinski definition) is 6. The molecule has 6 nitrogen and oxygen atoms in total. The number of pyridine rings is 1. The molecular formula is C6H2N6. The lowest BCUT2D eigenvalue weighted by Gasteiger charge is -1.91. The Morgan fingerprint density at radius 2 is 2.08 bits per heavy atom. The number of aromatic nitrogens is 4. The third-order valence-corrected chi connectivity index (χ3v) is 1.66. The lowest BCUT2D eigenvalue weighted by Crippen LogP contribution is -1.88.